The Bertz CT molecular complexity index is 1350. The van der Waals surface area contributed by atoms with Gasteiger partial charge < -0.3 is 0 Å². The van der Waals surface area contributed by atoms with E-state index in [9.17, 15) is 18.8 Å². The molecule has 0 fully saturated rings. The highest BCUT2D eigenvalue weighted by Crippen LogP contribution is 2.28. The van der Waals surface area contributed by atoms with Crippen LogP contribution in [-0.4, -0.2) is 21.6 Å². The second-order valence-corrected chi connectivity index (χ2v) is 7.85. The Morgan fingerprint density at radius 3 is 2.45 bits per heavy atom. The van der Waals surface area contributed by atoms with Gasteiger partial charge in [-0.3, -0.25) is 25.2 Å². The Labute approximate surface area is 180 Å². The van der Waals surface area contributed by atoms with Crippen molar-refractivity contribution < 1.29 is 14.0 Å². The number of nitrogens with zero attached hydrogens (tertiary/aromatic N) is 2. The number of aromatic nitrogens is 2. The predicted octanol–water partition coefficient (Wildman–Crippen LogP) is 2.80. The van der Waals surface area contributed by atoms with Gasteiger partial charge in [0, 0.05) is 17.3 Å². The van der Waals surface area contributed by atoms with Crippen molar-refractivity contribution in [2.75, 3.05) is 0 Å². The molecule has 4 aromatic rings. The van der Waals surface area contributed by atoms with Gasteiger partial charge in [-0.15, -0.1) is 11.3 Å². The van der Waals surface area contributed by atoms with Crippen LogP contribution < -0.4 is 16.4 Å². The van der Waals surface area contributed by atoms with E-state index >= 15 is 0 Å². The maximum absolute atomic E-state index is 13.1. The molecule has 2 N–H and O–H groups in total. The fourth-order valence-corrected chi connectivity index (χ4v) is 4.03. The first kappa shape index (κ1) is 20.4. The summed E-state index contributed by atoms with van der Waals surface area (Å²) in [5, 5.41) is 5.24. The van der Waals surface area contributed by atoms with E-state index in [4.69, 9.17) is 0 Å². The molecule has 9 heteroatoms. The van der Waals surface area contributed by atoms with Gasteiger partial charge in [-0.2, -0.15) is 5.10 Å². The summed E-state index contributed by atoms with van der Waals surface area (Å²) in [5.41, 5.74) is 5.73. The molecular weight excluding hydrogens is 419 g/mol. The molecule has 0 bridgehead atoms. The third kappa shape index (κ3) is 4.36. The number of benzene rings is 2. The Balaban J connectivity index is 1.42. The van der Waals surface area contributed by atoms with E-state index in [-0.39, 0.29) is 17.8 Å². The molecule has 2 aromatic carbocycles. The quantitative estimate of drug-likeness (QED) is 0.481. The van der Waals surface area contributed by atoms with Crippen molar-refractivity contribution in [3.8, 4) is 10.4 Å². The van der Waals surface area contributed by atoms with Crippen molar-refractivity contribution in [1.82, 2.24) is 20.6 Å². The molecule has 0 radical (unpaired) electrons. The van der Waals surface area contributed by atoms with Gasteiger partial charge >= 0.3 is 0 Å². The summed E-state index contributed by atoms with van der Waals surface area (Å²) in [6.45, 7) is 0. The van der Waals surface area contributed by atoms with Crippen LogP contribution in [0.1, 0.15) is 15.4 Å². The van der Waals surface area contributed by atoms with Crippen molar-refractivity contribution in [2.45, 2.75) is 6.42 Å². The SMILES string of the molecule is Cn1nc(CC(=O)NNC(=O)c2ccc(-c3ccc(F)cc3)s2)c2ccccc2c1=O. The monoisotopic (exact) mass is 436 g/mol. The van der Waals surface area contributed by atoms with E-state index in [2.05, 4.69) is 16.0 Å². The zero-order valence-electron chi connectivity index (χ0n) is 16.4. The van der Waals surface area contributed by atoms with Crippen molar-refractivity contribution in [3.05, 3.63) is 87.4 Å². The Morgan fingerprint density at radius 1 is 1.00 bits per heavy atom. The minimum absolute atomic E-state index is 0.111. The molecule has 2 heterocycles. The summed E-state index contributed by atoms with van der Waals surface area (Å²) >= 11 is 1.22. The smallest absolute Gasteiger partial charge is 0.273 e. The van der Waals surface area contributed by atoms with Crippen LogP contribution in [0.4, 0.5) is 4.39 Å². The van der Waals surface area contributed by atoms with Crippen LogP contribution in [0.25, 0.3) is 21.2 Å². The lowest BCUT2D eigenvalue weighted by molar-refractivity contribution is -0.121. The molecule has 0 aliphatic carbocycles. The molecule has 7 nitrogen and oxygen atoms in total. The topological polar surface area (TPSA) is 93.1 Å². The normalized spacial score (nSPS) is 10.8. The zero-order chi connectivity index (χ0) is 22.0. The van der Waals surface area contributed by atoms with Gasteiger partial charge in [-0.05, 0) is 35.9 Å². The number of amides is 2. The summed E-state index contributed by atoms with van der Waals surface area (Å²) in [6.07, 6.45) is -0.111. The Hall–Kier alpha value is -3.85. The summed E-state index contributed by atoms with van der Waals surface area (Å²) in [5.74, 6) is -1.27. The summed E-state index contributed by atoms with van der Waals surface area (Å²) < 4.78 is 14.3. The van der Waals surface area contributed by atoms with Gasteiger partial charge in [-0.1, -0.05) is 30.3 Å². The van der Waals surface area contributed by atoms with Gasteiger partial charge in [0.25, 0.3) is 11.5 Å². The first-order valence-corrected chi connectivity index (χ1v) is 10.1. The summed E-state index contributed by atoms with van der Waals surface area (Å²) in [6, 6.07) is 16.3. The number of rotatable bonds is 4. The van der Waals surface area contributed by atoms with Crippen LogP contribution in [0.15, 0.2) is 65.5 Å². The highest BCUT2D eigenvalue weighted by molar-refractivity contribution is 7.17. The Morgan fingerprint density at radius 2 is 1.71 bits per heavy atom. The molecule has 0 aliphatic rings. The van der Waals surface area contributed by atoms with Gasteiger partial charge in [0.1, 0.15) is 5.82 Å². The van der Waals surface area contributed by atoms with Crippen LogP contribution in [0, 0.1) is 5.82 Å². The summed E-state index contributed by atoms with van der Waals surface area (Å²) in [7, 11) is 1.52. The van der Waals surface area contributed by atoms with Gasteiger partial charge in [0.15, 0.2) is 0 Å². The first-order chi connectivity index (χ1) is 14.9. The fraction of sp³-hybridized carbons (Fsp3) is 0.0909. The molecule has 2 aromatic heterocycles. The minimum Gasteiger partial charge on any atom is -0.273 e. The van der Waals surface area contributed by atoms with E-state index in [0.717, 1.165) is 10.4 Å². The first-order valence-electron chi connectivity index (χ1n) is 9.32. The maximum Gasteiger partial charge on any atom is 0.279 e. The minimum atomic E-state index is -0.472. The highest BCUT2D eigenvalue weighted by atomic mass is 32.1. The highest BCUT2D eigenvalue weighted by Gasteiger charge is 2.15. The molecule has 0 saturated heterocycles. The van der Waals surface area contributed by atoms with Gasteiger partial charge in [0.05, 0.1) is 22.4 Å². The Kier molecular flexibility index (Phi) is 5.59. The van der Waals surface area contributed by atoms with Crippen molar-refractivity contribution >= 4 is 33.9 Å². The molecule has 0 atom stereocenters. The molecule has 31 heavy (non-hydrogen) atoms. The predicted molar refractivity (Wildman–Crippen MR) is 116 cm³/mol. The lowest BCUT2D eigenvalue weighted by Crippen LogP contribution is -2.42. The summed E-state index contributed by atoms with van der Waals surface area (Å²) in [4.78, 5) is 38.1. The molecule has 156 valence electrons. The van der Waals surface area contributed by atoms with Crippen molar-refractivity contribution in [1.29, 1.82) is 0 Å². The van der Waals surface area contributed by atoms with Crippen LogP contribution in [0.2, 0.25) is 0 Å². The number of aryl methyl sites for hydroxylation is 1. The van der Waals surface area contributed by atoms with Crippen LogP contribution in [0.5, 0.6) is 0 Å². The van der Waals surface area contributed by atoms with Crippen molar-refractivity contribution in [3.63, 3.8) is 0 Å². The zero-order valence-corrected chi connectivity index (χ0v) is 17.2. The number of hydrogen-bond acceptors (Lipinski definition) is 5. The third-order valence-corrected chi connectivity index (χ3v) is 5.77. The van der Waals surface area contributed by atoms with E-state index < -0.39 is 11.8 Å². The van der Waals surface area contributed by atoms with E-state index in [1.165, 1.54) is 35.2 Å². The van der Waals surface area contributed by atoms with Crippen LogP contribution in [0.3, 0.4) is 0 Å². The van der Waals surface area contributed by atoms with Gasteiger partial charge in [0.2, 0.25) is 5.91 Å². The largest absolute Gasteiger partial charge is 0.279 e. The molecule has 0 spiro atoms. The number of thiophene rings is 1. The van der Waals surface area contributed by atoms with E-state index in [1.54, 1.807) is 48.5 Å². The van der Waals surface area contributed by atoms with Crippen LogP contribution in [-0.2, 0) is 18.3 Å². The number of carbonyl (C=O) groups is 2. The van der Waals surface area contributed by atoms with E-state index in [0.29, 0.717) is 21.3 Å². The number of carbonyl (C=O) groups excluding carboxylic acids is 2. The number of halogens is 1. The molecular formula is C22H17FN4O3S. The second kappa shape index (κ2) is 8.49. The lowest BCUT2D eigenvalue weighted by Gasteiger charge is -2.09. The molecule has 0 saturated carbocycles. The average molecular weight is 436 g/mol. The fourth-order valence-electron chi connectivity index (χ4n) is 3.12. The van der Waals surface area contributed by atoms with E-state index in [1.807, 2.05) is 0 Å². The number of fused-ring (bicyclic) bond motifs is 1. The van der Waals surface area contributed by atoms with Gasteiger partial charge in [-0.25, -0.2) is 9.07 Å². The average Bonchev–Trinajstić information content (AvgIpc) is 3.26. The number of nitrogens with one attached hydrogen (secondary N) is 2. The maximum atomic E-state index is 13.1. The van der Waals surface area contributed by atoms with Crippen LogP contribution >= 0.6 is 11.3 Å². The lowest BCUT2D eigenvalue weighted by atomic mass is 10.1. The van der Waals surface area contributed by atoms with Crippen molar-refractivity contribution in [2.24, 2.45) is 7.05 Å². The number of hydrazine groups is 1. The molecule has 0 unspecified atom stereocenters. The standard InChI is InChI=1S/C22H17FN4O3S/c1-27-22(30)16-5-3-2-4-15(16)17(26-27)12-20(28)24-25-21(29)19-11-10-18(31-19)13-6-8-14(23)9-7-13/h2-11H,12H2,1H3,(H,24,28)(H,25,29). The molecule has 4 rings (SSSR count). The molecule has 0 aliphatic heterocycles. The second-order valence-electron chi connectivity index (χ2n) is 6.77. The third-order valence-electron chi connectivity index (χ3n) is 4.63. The molecule has 2 amide bonds. The number of hydrogen-bond donors (Lipinski definition) is 2.